The highest BCUT2D eigenvalue weighted by molar-refractivity contribution is 6.30. The van der Waals surface area contributed by atoms with Crippen LogP contribution in [0.4, 0.5) is 10.2 Å². The average Bonchev–Trinajstić information content (AvgIpc) is 2.43. The molecule has 2 aromatic heterocycles. The largest absolute Gasteiger partial charge is 0.393 e. The summed E-state index contributed by atoms with van der Waals surface area (Å²) >= 11 is 11.5. The van der Waals surface area contributed by atoms with Gasteiger partial charge >= 0.3 is 0 Å². The van der Waals surface area contributed by atoms with E-state index in [4.69, 9.17) is 23.2 Å². The molecule has 5 nitrogen and oxygen atoms in total. The summed E-state index contributed by atoms with van der Waals surface area (Å²) in [5.41, 5.74) is 0.0612. The minimum Gasteiger partial charge on any atom is -0.393 e. The second kappa shape index (κ2) is 5.27. The van der Waals surface area contributed by atoms with Crippen LogP contribution in [0.5, 0.6) is 0 Å². The Labute approximate surface area is 124 Å². The molecular formula is C12H11Cl2FN4O. The fourth-order valence-electron chi connectivity index (χ4n) is 2.31. The van der Waals surface area contributed by atoms with Crippen LogP contribution in [0.15, 0.2) is 6.20 Å². The van der Waals surface area contributed by atoms with Crippen molar-refractivity contribution in [2.24, 2.45) is 0 Å². The summed E-state index contributed by atoms with van der Waals surface area (Å²) in [5, 5.41) is 9.73. The van der Waals surface area contributed by atoms with Crippen molar-refractivity contribution in [1.82, 2.24) is 15.0 Å². The number of aliphatic hydroxyl groups is 1. The fourth-order valence-corrected chi connectivity index (χ4v) is 2.61. The monoisotopic (exact) mass is 316 g/mol. The standard InChI is InChI=1S/C12H11Cl2FN4O/c13-10-8(15)9-7(5-16-10)11(18-12(14)17-9)19-3-1-6(20)2-4-19/h5-6,20H,1-4H2. The van der Waals surface area contributed by atoms with E-state index in [1.807, 2.05) is 4.90 Å². The predicted molar refractivity (Wildman–Crippen MR) is 74.8 cm³/mol. The molecule has 1 aliphatic rings. The van der Waals surface area contributed by atoms with Gasteiger partial charge < -0.3 is 10.0 Å². The van der Waals surface area contributed by atoms with Crippen LogP contribution in [0.25, 0.3) is 10.9 Å². The molecule has 0 atom stereocenters. The Hall–Kier alpha value is -1.24. The number of hydrogen-bond donors (Lipinski definition) is 1. The average molecular weight is 317 g/mol. The number of anilines is 1. The lowest BCUT2D eigenvalue weighted by atomic mass is 10.1. The Balaban J connectivity index is 2.13. The Bertz CT molecular complexity index is 661. The topological polar surface area (TPSA) is 62.1 Å². The molecule has 0 amide bonds. The molecule has 0 aromatic carbocycles. The highest BCUT2D eigenvalue weighted by atomic mass is 35.5. The van der Waals surface area contributed by atoms with Crippen molar-refractivity contribution in [1.29, 1.82) is 0 Å². The maximum atomic E-state index is 14.0. The van der Waals surface area contributed by atoms with Crippen molar-refractivity contribution in [3.63, 3.8) is 0 Å². The van der Waals surface area contributed by atoms with Crippen molar-refractivity contribution in [2.75, 3.05) is 18.0 Å². The number of nitrogens with zero attached hydrogens (tertiary/aromatic N) is 4. The van der Waals surface area contributed by atoms with Gasteiger partial charge in [0.1, 0.15) is 11.3 Å². The number of piperidine rings is 1. The lowest BCUT2D eigenvalue weighted by molar-refractivity contribution is 0.145. The second-order valence-corrected chi connectivity index (χ2v) is 5.36. The summed E-state index contributed by atoms with van der Waals surface area (Å²) in [4.78, 5) is 13.8. The zero-order valence-corrected chi connectivity index (χ0v) is 11.9. The third kappa shape index (κ3) is 2.39. The highest BCUT2D eigenvalue weighted by Crippen LogP contribution is 2.30. The normalized spacial score (nSPS) is 16.9. The molecule has 0 bridgehead atoms. The van der Waals surface area contributed by atoms with Crippen molar-refractivity contribution in [2.45, 2.75) is 18.9 Å². The van der Waals surface area contributed by atoms with Gasteiger partial charge in [0.05, 0.1) is 11.5 Å². The molecule has 8 heteroatoms. The first-order valence-corrected chi connectivity index (χ1v) is 6.92. The van der Waals surface area contributed by atoms with Gasteiger partial charge in [0.25, 0.3) is 0 Å². The van der Waals surface area contributed by atoms with Crippen molar-refractivity contribution in [3.05, 3.63) is 22.5 Å². The van der Waals surface area contributed by atoms with Crippen LogP contribution >= 0.6 is 23.2 Å². The van der Waals surface area contributed by atoms with E-state index < -0.39 is 5.82 Å². The molecule has 0 saturated carbocycles. The number of pyridine rings is 1. The van der Waals surface area contributed by atoms with Crippen LogP contribution in [0.2, 0.25) is 10.4 Å². The summed E-state index contributed by atoms with van der Waals surface area (Å²) in [7, 11) is 0. The molecule has 0 unspecified atom stereocenters. The predicted octanol–water partition coefficient (Wildman–Crippen LogP) is 2.43. The second-order valence-electron chi connectivity index (χ2n) is 4.66. The smallest absolute Gasteiger partial charge is 0.225 e. The van der Waals surface area contributed by atoms with E-state index in [9.17, 15) is 9.50 Å². The number of fused-ring (bicyclic) bond motifs is 1. The van der Waals surface area contributed by atoms with Gasteiger partial charge in [-0.15, -0.1) is 0 Å². The summed E-state index contributed by atoms with van der Waals surface area (Å²) in [6.07, 6.45) is 2.40. The van der Waals surface area contributed by atoms with E-state index in [1.54, 1.807) is 0 Å². The Morgan fingerprint density at radius 1 is 1.25 bits per heavy atom. The number of hydrogen-bond acceptors (Lipinski definition) is 5. The van der Waals surface area contributed by atoms with Gasteiger partial charge in [0.15, 0.2) is 11.0 Å². The number of aromatic nitrogens is 3. The van der Waals surface area contributed by atoms with Crippen molar-refractivity contribution in [3.8, 4) is 0 Å². The maximum Gasteiger partial charge on any atom is 0.225 e. The fraction of sp³-hybridized carbons (Fsp3) is 0.417. The van der Waals surface area contributed by atoms with Gasteiger partial charge in [-0.3, -0.25) is 0 Å². The van der Waals surface area contributed by atoms with E-state index in [0.29, 0.717) is 37.1 Å². The zero-order valence-electron chi connectivity index (χ0n) is 10.4. The van der Waals surface area contributed by atoms with Crippen LogP contribution < -0.4 is 4.90 Å². The van der Waals surface area contributed by atoms with E-state index >= 15 is 0 Å². The number of rotatable bonds is 1. The minimum absolute atomic E-state index is 0.0419. The van der Waals surface area contributed by atoms with Crippen LogP contribution in [0, 0.1) is 5.82 Å². The van der Waals surface area contributed by atoms with Gasteiger partial charge in [-0.2, -0.15) is 4.98 Å². The molecule has 1 fully saturated rings. The van der Waals surface area contributed by atoms with E-state index in [2.05, 4.69) is 15.0 Å². The molecule has 2 aromatic rings. The molecule has 1 N–H and O–H groups in total. The number of halogens is 3. The van der Waals surface area contributed by atoms with E-state index in [1.165, 1.54) is 6.20 Å². The van der Waals surface area contributed by atoms with Crippen molar-refractivity contribution >= 4 is 39.9 Å². The van der Waals surface area contributed by atoms with Crippen LogP contribution in [0.1, 0.15) is 12.8 Å². The molecule has 106 valence electrons. The van der Waals surface area contributed by atoms with Crippen LogP contribution in [0.3, 0.4) is 0 Å². The molecule has 3 rings (SSSR count). The van der Waals surface area contributed by atoms with Crippen LogP contribution in [-0.4, -0.2) is 39.3 Å². The summed E-state index contributed by atoms with van der Waals surface area (Å²) in [6, 6.07) is 0. The van der Waals surface area contributed by atoms with E-state index in [0.717, 1.165) is 0 Å². The molecule has 1 aliphatic heterocycles. The summed E-state index contributed by atoms with van der Waals surface area (Å²) < 4.78 is 14.0. The van der Waals surface area contributed by atoms with Gasteiger partial charge in [-0.1, -0.05) is 11.6 Å². The number of aliphatic hydroxyl groups excluding tert-OH is 1. The van der Waals surface area contributed by atoms with Crippen molar-refractivity contribution < 1.29 is 9.50 Å². The Kier molecular flexibility index (Phi) is 3.62. The van der Waals surface area contributed by atoms with Gasteiger partial charge in [-0.05, 0) is 24.4 Å². The summed E-state index contributed by atoms with van der Waals surface area (Å²) in [6.45, 7) is 1.24. The van der Waals surface area contributed by atoms with Crippen LogP contribution in [-0.2, 0) is 0 Å². The zero-order chi connectivity index (χ0) is 14.3. The third-order valence-electron chi connectivity index (χ3n) is 3.36. The molecule has 3 heterocycles. The molecule has 20 heavy (non-hydrogen) atoms. The molecule has 0 spiro atoms. The Morgan fingerprint density at radius 2 is 1.95 bits per heavy atom. The maximum absolute atomic E-state index is 14.0. The first-order valence-electron chi connectivity index (χ1n) is 6.16. The first kappa shape index (κ1) is 13.7. The third-order valence-corrected chi connectivity index (χ3v) is 3.79. The Morgan fingerprint density at radius 3 is 2.65 bits per heavy atom. The SMILES string of the molecule is OC1CCN(c2nc(Cl)nc3c(F)c(Cl)ncc23)CC1. The van der Waals surface area contributed by atoms with E-state index in [-0.39, 0.29) is 22.1 Å². The highest BCUT2D eigenvalue weighted by Gasteiger charge is 2.22. The van der Waals surface area contributed by atoms with Gasteiger partial charge in [0.2, 0.25) is 5.28 Å². The van der Waals surface area contributed by atoms with Gasteiger partial charge in [-0.25, -0.2) is 14.4 Å². The lowest BCUT2D eigenvalue weighted by Gasteiger charge is -2.31. The molecule has 1 saturated heterocycles. The first-order chi connectivity index (χ1) is 9.56. The molecule has 0 radical (unpaired) electrons. The minimum atomic E-state index is -0.702. The summed E-state index contributed by atoms with van der Waals surface area (Å²) in [5.74, 6) is -0.179. The van der Waals surface area contributed by atoms with Gasteiger partial charge in [0, 0.05) is 19.3 Å². The quantitative estimate of drug-likeness (QED) is 0.646. The molecule has 0 aliphatic carbocycles. The lowest BCUT2D eigenvalue weighted by Crippen LogP contribution is -2.36. The molecular weight excluding hydrogens is 306 g/mol.